The zero-order chi connectivity index (χ0) is 11.5. The molecular formula is C12H27NO2S. The Kier molecular flexibility index (Phi) is 14.3. The van der Waals surface area contributed by atoms with E-state index in [1.165, 1.54) is 32.1 Å². The molecule has 16 heavy (non-hydrogen) atoms. The van der Waals surface area contributed by atoms with Gasteiger partial charge >= 0.3 is 0 Å². The Balaban J connectivity index is 0. The van der Waals surface area contributed by atoms with Gasteiger partial charge in [-0.25, -0.2) is 0 Å². The number of primary amides is 1. The second-order valence-electron chi connectivity index (χ2n) is 3.88. The van der Waals surface area contributed by atoms with Gasteiger partial charge in [-0.05, 0) is 6.42 Å². The first-order chi connectivity index (χ1) is 7.16. The van der Waals surface area contributed by atoms with Crippen molar-refractivity contribution >= 4 is 16.7 Å². The lowest BCUT2D eigenvalue weighted by Crippen LogP contribution is -2.20. The number of unbranched alkanes of at least 4 members (excludes halogenated alkanes) is 6. The maximum absolute atomic E-state index is 11.2. The lowest BCUT2D eigenvalue weighted by atomic mass is 10.1. The van der Waals surface area contributed by atoms with E-state index in [4.69, 9.17) is 5.73 Å². The van der Waals surface area contributed by atoms with Crippen molar-refractivity contribution in [3.63, 3.8) is 0 Å². The normalized spacial score (nSPS) is 11.8. The van der Waals surface area contributed by atoms with Crippen LogP contribution < -0.4 is 5.73 Å². The molecule has 0 saturated heterocycles. The minimum absolute atomic E-state index is 0. The molecule has 1 unspecified atom stereocenters. The minimum Gasteiger partial charge on any atom is -0.369 e. The molecule has 0 rings (SSSR count). The largest absolute Gasteiger partial charge is 0.369 e. The van der Waals surface area contributed by atoms with E-state index < -0.39 is 16.7 Å². The van der Waals surface area contributed by atoms with E-state index in [1.54, 1.807) is 0 Å². The fraction of sp³-hybridized carbons (Fsp3) is 0.917. The van der Waals surface area contributed by atoms with Crippen LogP contribution in [0.2, 0.25) is 0 Å². The summed E-state index contributed by atoms with van der Waals surface area (Å²) in [6, 6.07) is 0. The SMILES string of the molecule is C.CCCCCCCCCS(=O)CC(N)=O. The third-order valence-corrected chi connectivity index (χ3v) is 3.63. The summed E-state index contributed by atoms with van der Waals surface area (Å²) in [5, 5.41) is 0. The molecule has 1 amide bonds. The van der Waals surface area contributed by atoms with E-state index in [-0.39, 0.29) is 13.2 Å². The summed E-state index contributed by atoms with van der Waals surface area (Å²) in [5.74, 6) is 0.184. The maximum atomic E-state index is 11.2. The quantitative estimate of drug-likeness (QED) is 0.605. The standard InChI is InChI=1S/C11H23NO2S.CH4/c1-2-3-4-5-6-7-8-9-15(14)10-11(12)13;/h2-10H2,1H3,(H2,12,13);1H4. The summed E-state index contributed by atoms with van der Waals surface area (Å²) in [4.78, 5) is 10.4. The third kappa shape index (κ3) is 13.6. The Morgan fingerprint density at radius 1 is 1.06 bits per heavy atom. The molecule has 0 heterocycles. The Bertz CT molecular complexity index is 195. The first-order valence-corrected chi connectivity index (χ1v) is 7.29. The highest BCUT2D eigenvalue weighted by Gasteiger charge is 2.03. The van der Waals surface area contributed by atoms with Crippen molar-refractivity contribution in [1.82, 2.24) is 0 Å². The smallest absolute Gasteiger partial charge is 0.230 e. The van der Waals surface area contributed by atoms with Crippen LogP contribution in [0.15, 0.2) is 0 Å². The summed E-state index contributed by atoms with van der Waals surface area (Å²) in [6.45, 7) is 2.20. The van der Waals surface area contributed by atoms with Gasteiger partial charge in [0.2, 0.25) is 5.91 Å². The van der Waals surface area contributed by atoms with E-state index in [1.807, 2.05) is 0 Å². The number of rotatable bonds is 10. The van der Waals surface area contributed by atoms with Crippen molar-refractivity contribution in [2.24, 2.45) is 5.73 Å². The Hall–Kier alpha value is -0.380. The summed E-state index contributed by atoms with van der Waals surface area (Å²) in [6.07, 6.45) is 8.45. The molecule has 0 saturated carbocycles. The van der Waals surface area contributed by atoms with Crippen molar-refractivity contribution in [2.45, 2.75) is 59.3 Å². The van der Waals surface area contributed by atoms with E-state index in [2.05, 4.69) is 6.92 Å². The molecule has 0 aromatic carbocycles. The molecular weight excluding hydrogens is 222 g/mol. The van der Waals surface area contributed by atoms with Crippen LogP contribution in [0.1, 0.15) is 59.3 Å². The number of hydrogen-bond donors (Lipinski definition) is 1. The minimum atomic E-state index is -1.03. The molecule has 2 N–H and O–H groups in total. The predicted molar refractivity (Wildman–Crippen MR) is 71.8 cm³/mol. The number of nitrogens with two attached hydrogens (primary N) is 1. The van der Waals surface area contributed by atoms with Gasteiger partial charge in [0.25, 0.3) is 0 Å². The van der Waals surface area contributed by atoms with Gasteiger partial charge in [0, 0.05) is 16.6 Å². The van der Waals surface area contributed by atoms with E-state index in [9.17, 15) is 9.00 Å². The van der Waals surface area contributed by atoms with Gasteiger partial charge in [-0.15, -0.1) is 0 Å². The van der Waals surface area contributed by atoms with Crippen LogP contribution >= 0.6 is 0 Å². The molecule has 98 valence electrons. The number of carbonyl (C=O) groups is 1. The maximum Gasteiger partial charge on any atom is 0.230 e. The molecule has 0 radical (unpaired) electrons. The Labute approximate surface area is 103 Å². The highest BCUT2D eigenvalue weighted by atomic mass is 32.2. The lowest BCUT2D eigenvalue weighted by Gasteiger charge is -2.01. The molecule has 0 spiro atoms. The average Bonchev–Trinajstić information content (AvgIpc) is 2.15. The summed E-state index contributed by atoms with van der Waals surface area (Å²) in [7, 11) is -1.03. The van der Waals surface area contributed by atoms with Gasteiger partial charge in [0.05, 0.1) is 0 Å². The average molecular weight is 249 g/mol. The topological polar surface area (TPSA) is 60.2 Å². The summed E-state index contributed by atoms with van der Waals surface area (Å²) >= 11 is 0. The van der Waals surface area contributed by atoms with Crippen LogP contribution in [-0.4, -0.2) is 21.6 Å². The zero-order valence-electron chi connectivity index (χ0n) is 9.67. The van der Waals surface area contributed by atoms with Crippen molar-refractivity contribution in [1.29, 1.82) is 0 Å². The molecule has 0 fully saturated rings. The lowest BCUT2D eigenvalue weighted by molar-refractivity contribution is -0.115. The highest BCUT2D eigenvalue weighted by Crippen LogP contribution is 2.07. The van der Waals surface area contributed by atoms with Crippen LogP contribution in [-0.2, 0) is 15.6 Å². The summed E-state index contributed by atoms with van der Waals surface area (Å²) < 4.78 is 11.2. The van der Waals surface area contributed by atoms with Crippen LogP contribution in [0.4, 0.5) is 0 Å². The molecule has 0 aromatic heterocycles. The number of amides is 1. The van der Waals surface area contributed by atoms with Gasteiger partial charge < -0.3 is 5.73 Å². The molecule has 0 aliphatic rings. The molecule has 1 atom stereocenters. The van der Waals surface area contributed by atoms with Gasteiger partial charge in [-0.3, -0.25) is 9.00 Å². The van der Waals surface area contributed by atoms with Crippen molar-refractivity contribution < 1.29 is 9.00 Å². The fourth-order valence-corrected chi connectivity index (χ4v) is 2.44. The Morgan fingerprint density at radius 3 is 2.06 bits per heavy atom. The van der Waals surface area contributed by atoms with E-state index in [0.29, 0.717) is 5.75 Å². The van der Waals surface area contributed by atoms with Gasteiger partial charge in [0.15, 0.2) is 0 Å². The molecule has 0 aliphatic heterocycles. The first-order valence-electron chi connectivity index (χ1n) is 5.80. The number of hydrogen-bond acceptors (Lipinski definition) is 2. The predicted octanol–water partition coefficient (Wildman–Crippen LogP) is 2.61. The van der Waals surface area contributed by atoms with Crippen molar-refractivity contribution in [3.8, 4) is 0 Å². The molecule has 0 aliphatic carbocycles. The highest BCUT2D eigenvalue weighted by molar-refractivity contribution is 7.85. The second-order valence-corrected chi connectivity index (χ2v) is 5.45. The van der Waals surface area contributed by atoms with Crippen LogP contribution in [0, 0.1) is 0 Å². The first kappa shape index (κ1) is 18.0. The van der Waals surface area contributed by atoms with Crippen LogP contribution in [0.5, 0.6) is 0 Å². The van der Waals surface area contributed by atoms with Gasteiger partial charge in [-0.1, -0.05) is 52.9 Å². The molecule has 0 aromatic rings. The monoisotopic (exact) mass is 249 g/mol. The Morgan fingerprint density at radius 2 is 1.56 bits per heavy atom. The third-order valence-electron chi connectivity index (χ3n) is 2.28. The molecule has 3 nitrogen and oxygen atoms in total. The summed E-state index contributed by atoms with van der Waals surface area (Å²) in [5.41, 5.74) is 4.95. The zero-order valence-corrected chi connectivity index (χ0v) is 10.5. The van der Waals surface area contributed by atoms with Gasteiger partial charge in [-0.2, -0.15) is 0 Å². The van der Waals surface area contributed by atoms with Crippen molar-refractivity contribution in [2.75, 3.05) is 11.5 Å². The van der Waals surface area contributed by atoms with Crippen LogP contribution in [0.3, 0.4) is 0 Å². The van der Waals surface area contributed by atoms with Gasteiger partial charge in [0.1, 0.15) is 5.75 Å². The molecule has 0 bridgehead atoms. The van der Waals surface area contributed by atoms with E-state index >= 15 is 0 Å². The number of carbonyl (C=O) groups excluding carboxylic acids is 1. The van der Waals surface area contributed by atoms with Crippen LogP contribution in [0.25, 0.3) is 0 Å². The second kappa shape index (κ2) is 12.7. The van der Waals surface area contributed by atoms with E-state index in [0.717, 1.165) is 12.8 Å². The molecule has 4 heteroatoms. The van der Waals surface area contributed by atoms with Crippen molar-refractivity contribution in [3.05, 3.63) is 0 Å². The fourth-order valence-electron chi connectivity index (χ4n) is 1.45.